The average molecular weight is 366 g/mol. The smallest absolute Gasteiger partial charge is 0.237 e. The molecular formula is C23H31N3O. The first-order valence-electron chi connectivity index (χ1n) is 10.1. The van der Waals surface area contributed by atoms with Crippen molar-refractivity contribution in [1.29, 1.82) is 0 Å². The Hall–Kier alpha value is -2.17. The summed E-state index contributed by atoms with van der Waals surface area (Å²) in [5.74, 6) is 0.146. The maximum absolute atomic E-state index is 12.3. The number of benzene rings is 2. The molecule has 2 aromatic carbocycles. The Morgan fingerprint density at radius 2 is 1.37 bits per heavy atom. The fraction of sp³-hybridized carbons (Fsp3) is 0.435. The zero-order valence-electron chi connectivity index (χ0n) is 16.5. The Morgan fingerprint density at radius 1 is 0.889 bits per heavy atom. The van der Waals surface area contributed by atoms with Crippen molar-refractivity contribution in [3.05, 3.63) is 71.8 Å². The van der Waals surface area contributed by atoms with Crippen molar-refractivity contribution >= 4 is 5.91 Å². The molecule has 1 aliphatic heterocycles. The zero-order chi connectivity index (χ0) is 19.1. The number of piperazine rings is 1. The van der Waals surface area contributed by atoms with Gasteiger partial charge in [0.25, 0.3) is 0 Å². The van der Waals surface area contributed by atoms with Crippen molar-refractivity contribution in [2.75, 3.05) is 32.7 Å². The lowest BCUT2D eigenvalue weighted by atomic mass is 9.96. The maximum Gasteiger partial charge on any atom is 0.237 e. The predicted octanol–water partition coefficient (Wildman–Crippen LogP) is 3.31. The van der Waals surface area contributed by atoms with E-state index in [0.717, 1.165) is 39.1 Å². The molecule has 2 aromatic rings. The molecule has 4 heteroatoms. The first-order valence-corrected chi connectivity index (χ1v) is 10.1. The van der Waals surface area contributed by atoms with Crippen LogP contribution in [0.15, 0.2) is 60.7 Å². The number of carbonyl (C=O) groups excluding carboxylic acids is 1. The van der Waals surface area contributed by atoms with Crippen molar-refractivity contribution < 1.29 is 4.79 Å². The molecule has 0 radical (unpaired) electrons. The van der Waals surface area contributed by atoms with Crippen LogP contribution >= 0.6 is 0 Å². The van der Waals surface area contributed by atoms with E-state index in [0.29, 0.717) is 0 Å². The van der Waals surface area contributed by atoms with E-state index in [9.17, 15) is 4.79 Å². The fourth-order valence-electron chi connectivity index (χ4n) is 3.83. The Labute approximate surface area is 163 Å². The third-order valence-corrected chi connectivity index (χ3v) is 5.42. The van der Waals surface area contributed by atoms with Crippen LogP contribution in [0, 0.1) is 0 Å². The van der Waals surface area contributed by atoms with Crippen molar-refractivity contribution in [3.8, 4) is 0 Å². The first kappa shape index (κ1) is 19.6. The van der Waals surface area contributed by atoms with Crippen LogP contribution in [0.5, 0.6) is 0 Å². The lowest BCUT2D eigenvalue weighted by molar-refractivity contribution is -0.126. The summed E-state index contributed by atoms with van der Waals surface area (Å²) in [5.41, 5.74) is 2.65. The van der Waals surface area contributed by atoms with Crippen molar-refractivity contribution in [2.24, 2.45) is 0 Å². The van der Waals surface area contributed by atoms with E-state index >= 15 is 0 Å². The van der Waals surface area contributed by atoms with Gasteiger partial charge in [0.1, 0.15) is 0 Å². The Bertz CT molecular complexity index is 657. The molecule has 1 heterocycles. The van der Waals surface area contributed by atoms with Gasteiger partial charge in [-0.05, 0) is 24.5 Å². The average Bonchev–Trinajstić information content (AvgIpc) is 2.74. The van der Waals surface area contributed by atoms with Crippen molar-refractivity contribution in [2.45, 2.75) is 32.4 Å². The number of carbonyl (C=O) groups is 1. The molecule has 0 bridgehead atoms. The molecule has 27 heavy (non-hydrogen) atoms. The third kappa shape index (κ3) is 4.96. The van der Waals surface area contributed by atoms with E-state index in [1.165, 1.54) is 11.1 Å². The minimum Gasteiger partial charge on any atom is -0.355 e. The van der Waals surface area contributed by atoms with E-state index < -0.39 is 0 Å². The molecule has 1 aliphatic rings. The largest absolute Gasteiger partial charge is 0.355 e. The van der Waals surface area contributed by atoms with Crippen LogP contribution in [0.4, 0.5) is 0 Å². The molecule has 1 amide bonds. The van der Waals surface area contributed by atoms with Crippen LogP contribution in [0.25, 0.3) is 0 Å². The van der Waals surface area contributed by atoms with E-state index in [-0.39, 0.29) is 18.0 Å². The molecule has 4 nitrogen and oxygen atoms in total. The van der Waals surface area contributed by atoms with Gasteiger partial charge in [-0.1, -0.05) is 67.6 Å². The highest BCUT2D eigenvalue weighted by molar-refractivity contribution is 5.81. The second kappa shape index (κ2) is 9.67. The summed E-state index contributed by atoms with van der Waals surface area (Å²) in [6, 6.07) is 21.6. The molecule has 1 saturated heterocycles. The molecule has 0 spiro atoms. The molecule has 1 N–H and O–H groups in total. The van der Waals surface area contributed by atoms with Gasteiger partial charge >= 0.3 is 0 Å². The molecule has 0 aliphatic carbocycles. The highest BCUT2D eigenvalue weighted by Crippen LogP contribution is 2.29. The van der Waals surface area contributed by atoms with E-state index in [1.807, 2.05) is 6.92 Å². The normalized spacial score (nSPS) is 17.0. The van der Waals surface area contributed by atoms with Gasteiger partial charge in [-0.25, -0.2) is 0 Å². The molecule has 1 atom stereocenters. The number of hydrogen-bond acceptors (Lipinski definition) is 3. The monoisotopic (exact) mass is 365 g/mol. The van der Waals surface area contributed by atoms with Gasteiger partial charge in [-0.2, -0.15) is 0 Å². The standard InChI is InChI=1S/C23H31N3O/c1-3-14-24-23(27)19(2)25-15-17-26(18-16-25)22(20-10-6-4-7-11-20)21-12-8-5-9-13-21/h4-13,19,22H,3,14-18H2,1-2H3,(H,24,27)/t19-/m1/s1. The predicted molar refractivity (Wildman–Crippen MR) is 111 cm³/mol. The quantitative estimate of drug-likeness (QED) is 0.818. The van der Waals surface area contributed by atoms with Crippen LogP contribution < -0.4 is 5.32 Å². The Balaban J connectivity index is 1.69. The van der Waals surface area contributed by atoms with Gasteiger partial charge in [0.2, 0.25) is 5.91 Å². The van der Waals surface area contributed by atoms with Gasteiger partial charge in [0, 0.05) is 32.7 Å². The number of rotatable bonds is 7. The second-order valence-electron chi connectivity index (χ2n) is 7.26. The minimum atomic E-state index is -0.0643. The molecule has 144 valence electrons. The number of hydrogen-bond donors (Lipinski definition) is 1. The first-order chi connectivity index (χ1) is 13.2. The lowest BCUT2D eigenvalue weighted by Crippen LogP contribution is -2.54. The SMILES string of the molecule is CCCNC(=O)[C@@H](C)N1CCN(C(c2ccccc2)c2ccccc2)CC1. The second-order valence-corrected chi connectivity index (χ2v) is 7.26. The van der Waals surface area contributed by atoms with Crippen LogP contribution in [0.1, 0.15) is 37.4 Å². The van der Waals surface area contributed by atoms with E-state index in [2.05, 4.69) is 82.7 Å². The van der Waals surface area contributed by atoms with E-state index in [1.54, 1.807) is 0 Å². The molecule has 0 aromatic heterocycles. The summed E-state index contributed by atoms with van der Waals surface area (Å²) in [7, 11) is 0. The molecule has 0 unspecified atom stereocenters. The molecule has 0 saturated carbocycles. The van der Waals surface area contributed by atoms with Gasteiger partial charge in [0.05, 0.1) is 12.1 Å². The van der Waals surface area contributed by atoms with Crippen molar-refractivity contribution in [1.82, 2.24) is 15.1 Å². The highest BCUT2D eigenvalue weighted by atomic mass is 16.2. The highest BCUT2D eigenvalue weighted by Gasteiger charge is 2.29. The van der Waals surface area contributed by atoms with Gasteiger partial charge in [0.15, 0.2) is 0 Å². The van der Waals surface area contributed by atoms with Gasteiger partial charge in [-0.3, -0.25) is 14.6 Å². The summed E-state index contributed by atoms with van der Waals surface area (Å²) in [5, 5.41) is 3.02. The number of nitrogens with one attached hydrogen (secondary N) is 1. The van der Waals surface area contributed by atoms with Crippen LogP contribution in [0.2, 0.25) is 0 Å². The summed E-state index contributed by atoms with van der Waals surface area (Å²) < 4.78 is 0. The van der Waals surface area contributed by atoms with E-state index in [4.69, 9.17) is 0 Å². The Kier molecular flexibility index (Phi) is 7.02. The summed E-state index contributed by atoms with van der Waals surface area (Å²) >= 11 is 0. The summed E-state index contributed by atoms with van der Waals surface area (Å²) in [4.78, 5) is 17.1. The number of amides is 1. The van der Waals surface area contributed by atoms with Crippen molar-refractivity contribution in [3.63, 3.8) is 0 Å². The number of nitrogens with zero attached hydrogens (tertiary/aromatic N) is 2. The van der Waals surface area contributed by atoms with Crippen LogP contribution in [0.3, 0.4) is 0 Å². The van der Waals surface area contributed by atoms with Crippen LogP contribution in [-0.2, 0) is 4.79 Å². The fourth-order valence-corrected chi connectivity index (χ4v) is 3.83. The molecule has 1 fully saturated rings. The minimum absolute atomic E-state index is 0.0643. The third-order valence-electron chi connectivity index (χ3n) is 5.42. The van der Waals surface area contributed by atoms with Crippen LogP contribution in [-0.4, -0.2) is 54.5 Å². The molecule has 3 rings (SSSR count). The maximum atomic E-state index is 12.3. The topological polar surface area (TPSA) is 35.6 Å². The zero-order valence-corrected chi connectivity index (χ0v) is 16.5. The summed E-state index contributed by atoms with van der Waals surface area (Å²) in [6.07, 6.45) is 0.974. The van der Waals surface area contributed by atoms with Gasteiger partial charge < -0.3 is 5.32 Å². The summed E-state index contributed by atoms with van der Waals surface area (Å²) in [6.45, 7) is 8.60. The Morgan fingerprint density at radius 3 is 1.85 bits per heavy atom. The molecular weight excluding hydrogens is 334 g/mol. The lowest BCUT2D eigenvalue weighted by Gasteiger charge is -2.41. The van der Waals surface area contributed by atoms with Gasteiger partial charge in [-0.15, -0.1) is 0 Å².